The number of aliphatic hydroxyl groups is 1. The van der Waals surface area contributed by atoms with Gasteiger partial charge in [-0.1, -0.05) is 30.0 Å². The van der Waals surface area contributed by atoms with Crippen molar-refractivity contribution >= 4 is 11.8 Å². The third kappa shape index (κ3) is 3.00. The number of rotatable bonds is 3. The zero-order valence-corrected chi connectivity index (χ0v) is 11.0. The summed E-state index contributed by atoms with van der Waals surface area (Å²) in [6.45, 7) is 3.49. The van der Waals surface area contributed by atoms with E-state index in [0.717, 1.165) is 10.5 Å². The van der Waals surface area contributed by atoms with Crippen LogP contribution in [0.3, 0.4) is 0 Å². The molecule has 2 rings (SSSR count). The molecule has 0 aliphatic carbocycles. The fourth-order valence-electron chi connectivity index (χ4n) is 1.62. The number of hydrogen-bond donors (Lipinski definition) is 2. The van der Waals surface area contributed by atoms with E-state index in [1.54, 1.807) is 13.8 Å². The maximum atomic E-state index is 11.4. The van der Waals surface area contributed by atoms with Gasteiger partial charge < -0.3 is 10.1 Å². The van der Waals surface area contributed by atoms with Crippen molar-refractivity contribution in [1.82, 2.24) is 9.97 Å². The Morgan fingerprint density at radius 2 is 2.11 bits per heavy atom. The molecule has 1 aromatic heterocycles. The third-order valence-corrected chi connectivity index (χ3v) is 3.40. The van der Waals surface area contributed by atoms with E-state index in [4.69, 9.17) is 0 Å². The van der Waals surface area contributed by atoms with Crippen LogP contribution in [0.5, 0.6) is 0 Å². The van der Waals surface area contributed by atoms with Gasteiger partial charge in [-0.25, -0.2) is 4.98 Å². The molecule has 0 saturated heterocycles. The molecule has 1 atom stereocenters. The van der Waals surface area contributed by atoms with Gasteiger partial charge in [0, 0.05) is 16.7 Å². The van der Waals surface area contributed by atoms with Gasteiger partial charge in [-0.3, -0.25) is 4.79 Å². The van der Waals surface area contributed by atoms with Gasteiger partial charge in [0.05, 0.1) is 6.10 Å². The average molecular weight is 262 g/mol. The summed E-state index contributed by atoms with van der Waals surface area (Å²) in [7, 11) is 0. The fraction of sp³-hybridized carbons (Fsp3) is 0.231. The predicted molar refractivity (Wildman–Crippen MR) is 70.8 cm³/mol. The first-order valence-electron chi connectivity index (χ1n) is 5.59. The number of benzene rings is 1. The largest absolute Gasteiger partial charge is 0.389 e. The van der Waals surface area contributed by atoms with Crippen molar-refractivity contribution in [2.45, 2.75) is 30.0 Å². The van der Waals surface area contributed by atoms with Gasteiger partial charge in [-0.15, -0.1) is 0 Å². The van der Waals surface area contributed by atoms with Crippen molar-refractivity contribution in [2.75, 3.05) is 0 Å². The molecule has 0 radical (unpaired) electrons. The van der Waals surface area contributed by atoms with Gasteiger partial charge in [-0.05, 0) is 25.5 Å². The Kier molecular flexibility index (Phi) is 3.84. The zero-order chi connectivity index (χ0) is 13.1. The second kappa shape index (κ2) is 5.37. The van der Waals surface area contributed by atoms with E-state index in [9.17, 15) is 9.90 Å². The molecular formula is C13H14N2O2S. The molecule has 4 nitrogen and oxygen atoms in total. The highest BCUT2D eigenvalue weighted by Crippen LogP contribution is 2.30. The van der Waals surface area contributed by atoms with Crippen LogP contribution >= 0.6 is 11.8 Å². The fourth-order valence-corrected chi connectivity index (χ4v) is 2.68. The van der Waals surface area contributed by atoms with Crippen molar-refractivity contribution in [3.8, 4) is 0 Å². The van der Waals surface area contributed by atoms with Crippen LogP contribution in [-0.4, -0.2) is 15.1 Å². The summed E-state index contributed by atoms with van der Waals surface area (Å²) < 4.78 is 0. The number of nitrogens with zero attached hydrogens (tertiary/aromatic N) is 1. The zero-order valence-electron chi connectivity index (χ0n) is 10.2. The molecule has 5 heteroatoms. The van der Waals surface area contributed by atoms with E-state index < -0.39 is 6.10 Å². The number of hydrogen-bond acceptors (Lipinski definition) is 4. The van der Waals surface area contributed by atoms with Gasteiger partial charge in [0.15, 0.2) is 5.16 Å². The molecule has 0 amide bonds. The van der Waals surface area contributed by atoms with E-state index in [1.165, 1.54) is 17.8 Å². The second-order valence-electron chi connectivity index (χ2n) is 4.01. The quantitative estimate of drug-likeness (QED) is 0.833. The van der Waals surface area contributed by atoms with Crippen LogP contribution in [0.2, 0.25) is 0 Å². The van der Waals surface area contributed by atoms with Crippen LogP contribution in [0.15, 0.2) is 45.2 Å². The lowest BCUT2D eigenvalue weighted by molar-refractivity contribution is 0.196. The number of aliphatic hydroxyl groups excluding tert-OH is 1. The van der Waals surface area contributed by atoms with Crippen LogP contribution in [0.1, 0.15) is 24.3 Å². The van der Waals surface area contributed by atoms with Crippen molar-refractivity contribution in [3.05, 3.63) is 51.9 Å². The van der Waals surface area contributed by atoms with E-state index in [1.807, 2.05) is 24.3 Å². The summed E-state index contributed by atoms with van der Waals surface area (Å²) in [6, 6.07) is 8.97. The number of nitrogens with one attached hydrogen (secondary N) is 1. The Morgan fingerprint density at radius 1 is 1.39 bits per heavy atom. The molecule has 0 aliphatic heterocycles. The van der Waals surface area contributed by atoms with Crippen molar-refractivity contribution < 1.29 is 5.11 Å². The smallest absolute Gasteiger partial charge is 0.251 e. The predicted octanol–water partition coefficient (Wildman–Crippen LogP) is 2.28. The Bertz CT molecular complexity index is 608. The lowest BCUT2D eigenvalue weighted by Gasteiger charge is -2.10. The van der Waals surface area contributed by atoms with E-state index >= 15 is 0 Å². The van der Waals surface area contributed by atoms with Gasteiger partial charge >= 0.3 is 0 Å². The maximum absolute atomic E-state index is 11.4. The summed E-state index contributed by atoms with van der Waals surface area (Å²) in [5.41, 5.74) is 1.34. The molecule has 0 saturated carbocycles. The molecule has 2 N–H and O–H groups in total. The Morgan fingerprint density at radius 3 is 2.78 bits per heavy atom. The summed E-state index contributed by atoms with van der Waals surface area (Å²) in [4.78, 5) is 19.2. The normalized spacial score (nSPS) is 12.4. The number of aromatic nitrogens is 2. The second-order valence-corrected chi connectivity index (χ2v) is 5.04. The highest BCUT2D eigenvalue weighted by Gasteiger charge is 2.09. The molecule has 0 aliphatic rings. The molecule has 0 bridgehead atoms. The van der Waals surface area contributed by atoms with Crippen molar-refractivity contribution in [2.24, 2.45) is 0 Å². The molecule has 1 aromatic carbocycles. The molecule has 2 aromatic rings. The minimum Gasteiger partial charge on any atom is -0.389 e. The van der Waals surface area contributed by atoms with Crippen LogP contribution in [-0.2, 0) is 0 Å². The van der Waals surface area contributed by atoms with Gasteiger partial charge in [0.1, 0.15) is 0 Å². The Balaban J connectivity index is 2.37. The standard InChI is InChI=1S/C13H14N2O2S/c1-8-7-12(17)15-13(14-8)18-11-6-4-3-5-10(11)9(2)16/h3-7,9,16H,1-2H3,(H,14,15,17). The van der Waals surface area contributed by atoms with Crippen LogP contribution < -0.4 is 5.56 Å². The first-order chi connectivity index (χ1) is 8.56. The topological polar surface area (TPSA) is 66.0 Å². The Hall–Kier alpha value is -1.59. The summed E-state index contributed by atoms with van der Waals surface area (Å²) >= 11 is 1.34. The monoisotopic (exact) mass is 262 g/mol. The average Bonchev–Trinajstić information content (AvgIpc) is 2.27. The number of aryl methyl sites for hydroxylation is 1. The molecule has 1 heterocycles. The highest BCUT2D eigenvalue weighted by atomic mass is 32.2. The summed E-state index contributed by atoms with van der Waals surface area (Å²) in [5.74, 6) is 0. The molecular weight excluding hydrogens is 248 g/mol. The lowest BCUT2D eigenvalue weighted by atomic mass is 10.1. The first-order valence-corrected chi connectivity index (χ1v) is 6.41. The molecule has 0 fully saturated rings. The molecule has 18 heavy (non-hydrogen) atoms. The highest BCUT2D eigenvalue weighted by molar-refractivity contribution is 7.99. The van der Waals surface area contributed by atoms with Gasteiger partial charge in [0.25, 0.3) is 5.56 Å². The number of H-pyrrole nitrogens is 1. The summed E-state index contributed by atoms with van der Waals surface area (Å²) in [5, 5.41) is 10.2. The lowest BCUT2D eigenvalue weighted by Crippen LogP contribution is -2.08. The van der Waals surface area contributed by atoms with Gasteiger partial charge in [0.2, 0.25) is 0 Å². The van der Waals surface area contributed by atoms with Crippen LogP contribution in [0, 0.1) is 6.92 Å². The molecule has 1 unspecified atom stereocenters. The van der Waals surface area contributed by atoms with Crippen molar-refractivity contribution in [1.29, 1.82) is 0 Å². The third-order valence-electron chi connectivity index (χ3n) is 2.42. The maximum Gasteiger partial charge on any atom is 0.251 e. The molecule has 0 spiro atoms. The Labute approximate surface area is 109 Å². The van der Waals surface area contributed by atoms with Crippen LogP contribution in [0.25, 0.3) is 0 Å². The summed E-state index contributed by atoms with van der Waals surface area (Å²) in [6.07, 6.45) is -0.551. The minimum atomic E-state index is -0.551. The van der Waals surface area contributed by atoms with E-state index in [0.29, 0.717) is 10.9 Å². The van der Waals surface area contributed by atoms with Crippen molar-refractivity contribution in [3.63, 3.8) is 0 Å². The van der Waals surface area contributed by atoms with E-state index in [2.05, 4.69) is 9.97 Å². The SMILES string of the molecule is Cc1cc(=O)[nH]c(Sc2ccccc2C(C)O)n1. The first kappa shape index (κ1) is 12.9. The van der Waals surface area contributed by atoms with Gasteiger partial charge in [-0.2, -0.15) is 0 Å². The van der Waals surface area contributed by atoms with E-state index in [-0.39, 0.29) is 5.56 Å². The minimum absolute atomic E-state index is 0.167. The number of aromatic amines is 1. The molecule has 94 valence electrons. The van der Waals surface area contributed by atoms with Crippen LogP contribution in [0.4, 0.5) is 0 Å².